The van der Waals surface area contributed by atoms with Crippen LogP contribution in [0.25, 0.3) is 17.3 Å². The molecule has 4 N–H and O–H groups in total. The molecule has 0 amide bonds. The summed E-state index contributed by atoms with van der Waals surface area (Å²) in [6.07, 6.45) is 0.270. The Hall–Kier alpha value is -3.63. The lowest BCUT2D eigenvalue weighted by Crippen LogP contribution is -2.19. The van der Waals surface area contributed by atoms with Gasteiger partial charge in [0.05, 0.1) is 35.7 Å². The molecule has 0 bridgehead atoms. The molecule has 0 saturated carbocycles. The number of aryl methyl sites for hydroxylation is 1. The first-order valence-corrected chi connectivity index (χ1v) is 12.5. The van der Waals surface area contributed by atoms with Gasteiger partial charge in [-0.1, -0.05) is 46.8 Å². The van der Waals surface area contributed by atoms with Gasteiger partial charge in [0.15, 0.2) is 0 Å². The summed E-state index contributed by atoms with van der Waals surface area (Å²) < 4.78 is 15.4. The SMILES string of the molecule is CC(C)c1nc(Nc2cc(C(C)(C)C)nn2C)nc(-c2ccc(F)cc2)c1/C=C/[C@@H](O)C[C@@H](O)CC(=O)O. The average molecular weight is 526 g/mol. The molecule has 9 nitrogen and oxygen atoms in total. The van der Waals surface area contributed by atoms with Gasteiger partial charge in [0, 0.05) is 36.1 Å². The molecule has 0 radical (unpaired) electrons. The standard InChI is InChI=1S/C28H36FN5O4/c1-16(2)25-21(12-11-19(35)13-20(36)14-24(37)38)26(17-7-9-18(29)10-8-17)32-27(31-25)30-23-15-22(28(3,4)5)33-34(23)6/h7-12,15-16,19-20,35-36H,13-14H2,1-6H3,(H,37,38)(H,30,31,32)/b12-11+/t19-,20-/m1/s1. The van der Waals surface area contributed by atoms with Crippen molar-refractivity contribution in [1.82, 2.24) is 19.7 Å². The molecule has 0 spiro atoms. The minimum Gasteiger partial charge on any atom is -0.481 e. The van der Waals surface area contributed by atoms with Crippen molar-refractivity contribution in [2.45, 2.75) is 71.0 Å². The Labute approximate surface area is 222 Å². The van der Waals surface area contributed by atoms with Crippen molar-refractivity contribution in [1.29, 1.82) is 0 Å². The van der Waals surface area contributed by atoms with Crippen LogP contribution in [-0.4, -0.2) is 53.2 Å². The van der Waals surface area contributed by atoms with Gasteiger partial charge in [-0.2, -0.15) is 5.10 Å². The second-order valence-corrected chi connectivity index (χ2v) is 10.7. The summed E-state index contributed by atoms with van der Waals surface area (Å²) in [7, 11) is 1.83. The highest BCUT2D eigenvalue weighted by molar-refractivity contribution is 5.75. The maximum atomic E-state index is 13.7. The summed E-state index contributed by atoms with van der Waals surface area (Å²) in [5, 5.41) is 37.0. The number of aromatic nitrogens is 4. The number of nitrogens with zero attached hydrogens (tertiary/aromatic N) is 4. The second-order valence-electron chi connectivity index (χ2n) is 10.7. The van der Waals surface area contributed by atoms with E-state index in [2.05, 4.69) is 31.2 Å². The third-order valence-electron chi connectivity index (χ3n) is 5.94. The van der Waals surface area contributed by atoms with Crippen molar-refractivity contribution in [2.75, 3.05) is 5.32 Å². The van der Waals surface area contributed by atoms with E-state index in [1.54, 1.807) is 22.9 Å². The summed E-state index contributed by atoms with van der Waals surface area (Å²) in [5.74, 6) is -0.514. The van der Waals surface area contributed by atoms with Crippen molar-refractivity contribution >= 4 is 23.8 Å². The number of halogens is 1. The van der Waals surface area contributed by atoms with Gasteiger partial charge >= 0.3 is 5.97 Å². The van der Waals surface area contributed by atoms with E-state index in [-0.39, 0.29) is 23.6 Å². The first-order valence-electron chi connectivity index (χ1n) is 12.5. The Kier molecular flexibility index (Phi) is 9.01. The minimum atomic E-state index is -1.19. The Morgan fingerprint density at radius 1 is 1.16 bits per heavy atom. The molecule has 1 aromatic carbocycles. The van der Waals surface area contributed by atoms with E-state index in [4.69, 9.17) is 15.1 Å². The highest BCUT2D eigenvalue weighted by Crippen LogP contribution is 2.32. The molecule has 2 aromatic heterocycles. The van der Waals surface area contributed by atoms with Crippen LogP contribution in [0.5, 0.6) is 0 Å². The van der Waals surface area contributed by atoms with Crippen molar-refractivity contribution in [3.63, 3.8) is 0 Å². The number of carboxylic acids is 1. The summed E-state index contributed by atoms with van der Waals surface area (Å²) >= 11 is 0. The van der Waals surface area contributed by atoms with Crippen LogP contribution in [0.1, 0.15) is 70.3 Å². The molecule has 10 heteroatoms. The number of aliphatic carboxylic acids is 1. The highest BCUT2D eigenvalue weighted by atomic mass is 19.1. The predicted molar refractivity (Wildman–Crippen MR) is 145 cm³/mol. The first kappa shape index (κ1) is 28.9. The number of aliphatic hydroxyl groups excluding tert-OH is 2. The largest absolute Gasteiger partial charge is 0.481 e. The van der Waals surface area contributed by atoms with Gasteiger partial charge < -0.3 is 20.6 Å². The number of hydrogen-bond donors (Lipinski definition) is 4. The number of nitrogens with one attached hydrogen (secondary N) is 1. The first-order chi connectivity index (χ1) is 17.7. The summed E-state index contributed by atoms with van der Waals surface area (Å²) in [6.45, 7) is 10.2. The van der Waals surface area contributed by atoms with Gasteiger partial charge in [0.2, 0.25) is 5.95 Å². The molecular weight excluding hydrogens is 489 g/mol. The summed E-state index contributed by atoms with van der Waals surface area (Å²) in [4.78, 5) is 20.4. The lowest BCUT2D eigenvalue weighted by atomic mass is 9.92. The Balaban J connectivity index is 2.07. The van der Waals surface area contributed by atoms with E-state index >= 15 is 0 Å². The monoisotopic (exact) mass is 525 g/mol. The molecule has 3 aromatic rings. The van der Waals surface area contributed by atoms with Crippen LogP contribution in [0.2, 0.25) is 0 Å². The van der Waals surface area contributed by atoms with Gasteiger partial charge in [-0.3, -0.25) is 9.48 Å². The zero-order valence-corrected chi connectivity index (χ0v) is 22.6. The van der Waals surface area contributed by atoms with Gasteiger partial charge in [-0.05, 0) is 30.2 Å². The molecular formula is C28H36FN5O4. The Morgan fingerprint density at radius 2 is 1.82 bits per heavy atom. The average Bonchev–Trinajstić information content (AvgIpc) is 3.18. The number of rotatable bonds is 10. The van der Waals surface area contributed by atoms with Crippen LogP contribution in [0.15, 0.2) is 36.4 Å². The third kappa shape index (κ3) is 7.45. The molecule has 2 heterocycles. The van der Waals surface area contributed by atoms with Crippen molar-refractivity contribution in [3.8, 4) is 11.3 Å². The summed E-state index contributed by atoms with van der Waals surface area (Å²) in [6, 6.07) is 7.89. The molecule has 2 atom stereocenters. The zero-order chi connectivity index (χ0) is 28.2. The number of benzene rings is 1. The molecule has 0 unspecified atom stereocenters. The maximum Gasteiger partial charge on any atom is 0.305 e. The van der Waals surface area contributed by atoms with Crippen molar-refractivity contribution in [2.24, 2.45) is 7.05 Å². The lowest BCUT2D eigenvalue weighted by Gasteiger charge is -2.17. The fourth-order valence-electron chi connectivity index (χ4n) is 3.89. The van der Waals surface area contributed by atoms with Gasteiger partial charge in [0.1, 0.15) is 11.6 Å². The zero-order valence-electron chi connectivity index (χ0n) is 22.6. The van der Waals surface area contributed by atoms with Gasteiger partial charge in [-0.25, -0.2) is 14.4 Å². The van der Waals surface area contributed by atoms with Crippen LogP contribution >= 0.6 is 0 Å². The third-order valence-corrected chi connectivity index (χ3v) is 5.94. The molecule has 0 saturated heterocycles. The highest BCUT2D eigenvalue weighted by Gasteiger charge is 2.21. The fraction of sp³-hybridized carbons (Fsp3) is 0.429. The van der Waals surface area contributed by atoms with E-state index in [9.17, 15) is 19.4 Å². The molecule has 0 fully saturated rings. The van der Waals surface area contributed by atoms with Crippen LogP contribution < -0.4 is 5.32 Å². The second kappa shape index (κ2) is 11.8. The molecule has 0 aliphatic heterocycles. The van der Waals surface area contributed by atoms with E-state index in [0.29, 0.717) is 34.3 Å². The molecule has 0 aliphatic rings. The Bertz CT molecular complexity index is 1300. The van der Waals surface area contributed by atoms with E-state index in [1.165, 1.54) is 18.2 Å². The number of hydrogen-bond acceptors (Lipinski definition) is 7. The normalized spacial score (nSPS) is 13.7. The van der Waals surface area contributed by atoms with Crippen LogP contribution in [0.3, 0.4) is 0 Å². The van der Waals surface area contributed by atoms with Crippen LogP contribution in [0.4, 0.5) is 16.2 Å². The molecule has 38 heavy (non-hydrogen) atoms. The number of carboxylic acid groups (broad SMARTS) is 1. The van der Waals surface area contributed by atoms with Crippen molar-refractivity contribution in [3.05, 3.63) is 59.2 Å². The van der Waals surface area contributed by atoms with Crippen LogP contribution in [0, 0.1) is 5.82 Å². The van der Waals surface area contributed by atoms with E-state index in [0.717, 1.165) is 5.69 Å². The molecule has 0 aliphatic carbocycles. The minimum absolute atomic E-state index is 0.0381. The fourth-order valence-corrected chi connectivity index (χ4v) is 3.89. The van der Waals surface area contributed by atoms with Gasteiger partial charge in [0.25, 0.3) is 0 Å². The maximum absolute atomic E-state index is 13.7. The predicted octanol–water partition coefficient (Wildman–Crippen LogP) is 4.78. The van der Waals surface area contributed by atoms with E-state index in [1.807, 2.05) is 27.0 Å². The van der Waals surface area contributed by atoms with Gasteiger partial charge in [-0.15, -0.1) is 0 Å². The molecule has 204 valence electrons. The summed E-state index contributed by atoms with van der Waals surface area (Å²) in [5.41, 5.74) is 3.26. The Morgan fingerprint density at radius 3 is 2.37 bits per heavy atom. The molecule has 3 rings (SSSR count). The van der Waals surface area contributed by atoms with E-state index < -0.39 is 24.6 Å². The van der Waals surface area contributed by atoms with Crippen molar-refractivity contribution < 1.29 is 24.5 Å². The smallest absolute Gasteiger partial charge is 0.305 e. The quantitative estimate of drug-likeness (QED) is 0.297. The van der Waals surface area contributed by atoms with Crippen LogP contribution in [-0.2, 0) is 17.3 Å². The number of carbonyl (C=O) groups is 1. The number of aliphatic hydroxyl groups is 2. The topological polar surface area (TPSA) is 133 Å². The lowest BCUT2D eigenvalue weighted by molar-refractivity contribution is -0.139. The number of anilines is 2.